The lowest BCUT2D eigenvalue weighted by Crippen LogP contribution is -2.37. The van der Waals surface area contributed by atoms with Crippen molar-refractivity contribution in [2.24, 2.45) is 5.11 Å². The molecule has 2 aliphatic heterocycles. The Morgan fingerprint density at radius 2 is 1.51 bits per heavy atom. The number of carboxylic acid groups (broad SMARTS) is 1. The van der Waals surface area contributed by atoms with Crippen molar-refractivity contribution < 1.29 is 43.2 Å². The summed E-state index contributed by atoms with van der Waals surface area (Å²) in [6.45, 7) is 4.52. The van der Waals surface area contributed by atoms with E-state index in [2.05, 4.69) is 20.7 Å². The first-order valence-electron chi connectivity index (χ1n) is 14.1. The summed E-state index contributed by atoms with van der Waals surface area (Å²) in [5.74, 6) is 0.0709. The lowest BCUT2D eigenvalue weighted by atomic mass is 10.0. The highest BCUT2D eigenvalue weighted by Crippen LogP contribution is 2.33. The number of nitrogens with one attached hydrogen (secondary N) is 2. The predicted octanol–water partition coefficient (Wildman–Crippen LogP) is 1.41. The maximum atomic E-state index is 13.0. The van der Waals surface area contributed by atoms with Gasteiger partial charge in [0, 0.05) is 42.0 Å². The minimum atomic E-state index is -0.898. The molecule has 2 heterocycles. The summed E-state index contributed by atoms with van der Waals surface area (Å²) in [5, 5.41) is 18.3. The van der Waals surface area contributed by atoms with Crippen molar-refractivity contribution in [3.8, 4) is 0 Å². The Balaban J connectivity index is 1.60. The number of fused-ring (bicyclic) bond motifs is 1. The number of thioether (sulfide) groups is 1. The van der Waals surface area contributed by atoms with Crippen molar-refractivity contribution in [3.63, 3.8) is 0 Å². The summed E-state index contributed by atoms with van der Waals surface area (Å²) in [4.78, 5) is 39.4. The van der Waals surface area contributed by atoms with Gasteiger partial charge in [0.2, 0.25) is 5.91 Å². The molecular weight excluding hydrogens is 560 g/mol. The monoisotopic (exact) mass is 604 g/mol. The Morgan fingerprint density at radius 3 is 2.15 bits per heavy atom. The fourth-order valence-corrected chi connectivity index (χ4v) is 5.85. The van der Waals surface area contributed by atoms with E-state index in [9.17, 15) is 14.4 Å². The van der Waals surface area contributed by atoms with E-state index in [-0.39, 0.29) is 43.6 Å². The maximum Gasteiger partial charge on any atom is 0.315 e. The third-order valence-corrected chi connectivity index (χ3v) is 7.92. The van der Waals surface area contributed by atoms with Crippen LogP contribution in [0.25, 0.3) is 10.4 Å². The molecule has 2 aliphatic rings. The molecule has 234 valence electrons. The van der Waals surface area contributed by atoms with Crippen LogP contribution < -0.4 is 10.6 Å². The van der Waals surface area contributed by atoms with Gasteiger partial charge in [0.15, 0.2) is 0 Å². The highest BCUT2D eigenvalue weighted by atomic mass is 32.2. The van der Waals surface area contributed by atoms with Gasteiger partial charge in [-0.3, -0.25) is 9.59 Å². The molecule has 2 saturated heterocycles. The third kappa shape index (κ3) is 16.0. The van der Waals surface area contributed by atoms with Crippen LogP contribution in [0.1, 0.15) is 32.1 Å². The van der Waals surface area contributed by atoms with Gasteiger partial charge in [0.25, 0.3) is 0 Å². The molecular formula is C25H44N6O9S. The van der Waals surface area contributed by atoms with Gasteiger partial charge in [-0.15, -0.1) is 0 Å². The average Bonchev–Trinajstić information content (AvgIpc) is 3.50. The molecule has 15 nitrogen and oxygen atoms in total. The fourth-order valence-electron chi connectivity index (χ4n) is 4.31. The van der Waals surface area contributed by atoms with Crippen LogP contribution in [0.3, 0.4) is 0 Å². The number of rotatable bonds is 26. The minimum absolute atomic E-state index is 0.0339. The van der Waals surface area contributed by atoms with E-state index in [1.165, 1.54) is 0 Å². The van der Waals surface area contributed by atoms with Gasteiger partial charge in [0.1, 0.15) is 0 Å². The second-order valence-electron chi connectivity index (χ2n) is 9.41. The highest BCUT2D eigenvalue weighted by Gasteiger charge is 2.42. The van der Waals surface area contributed by atoms with Crippen LogP contribution in [0.2, 0.25) is 0 Å². The van der Waals surface area contributed by atoms with Gasteiger partial charge >= 0.3 is 12.0 Å². The zero-order valence-corrected chi connectivity index (χ0v) is 24.4. The van der Waals surface area contributed by atoms with Crippen LogP contribution in [0.5, 0.6) is 0 Å². The molecule has 0 radical (unpaired) electrons. The van der Waals surface area contributed by atoms with Gasteiger partial charge in [-0.1, -0.05) is 11.5 Å². The number of nitrogens with zero attached hydrogens (tertiary/aromatic N) is 4. The molecule has 0 aliphatic carbocycles. The average molecular weight is 605 g/mol. The number of carbonyl (C=O) groups excluding carboxylic acids is 2. The van der Waals surface area contributed by atoms with Crippen LogP contribution in [-0.2, 0) is 33.3 Å². The van der Waals surface area contributed by atoms with Crippen molar-refractivity contribution in [3.05, 3.63) is 10.4 Å². The highest BCUT2D eigenvalue weighted by molar-refractivity contribution is 8.00. The van der Waals surface area contributed by atoms with E-state index in [1.54, 1.807) is 4.90 Å². The summed E-state index contributed by atoms with van der Waals surface area (Å²) in [7, 11) is 0. The molecule has 0 saturated carbocycles. The van der Waals surface area contributed by atoms with E-state index < -0.39 is 5.97 Å². The Kier molecular flexibility index (Phi) is 19.0. The summed E-state index contributed by atoms with van der Waals surface area (Å²) < 4.78 is 27.1. The minimum Gasteiger partial charge on any atom is -0.481 e. The zero-order valence-electron chi connectivity index (χ0n) is 23.6. The fraction of sp³-hybridized carbons (Fsp3) is 0.880. The Hall–Kier alpha value is -2.33. The van der Waals surface area contributed by atoms with Gasteiger partial charge in [0.05, 0.1) is 84.6 Å². The van der Waals surface area contributed by atoms with Crippen molar-refractivity contribution in [1.29, 1.82) is 0 Å². The first-order chi connectivity index (χ1) is 20.0. The molecule has 3 atom stereocenters. The van der Waals surface area contributed by atoms with Crippen molar-refractivity contribution in [2.75, 3.05) is 91.5 Å². The van der Waals surface area contributed by atoms with Crippen molar-refractivity contribution >= 4 is 29.7 Å². The molecule has 0 spiro atoms. The first kappa shape index (κ1) is 34.9. The van der Waals surface area contributed by atoms with Gasteiger partial charge in [-0.25, -0.2) is 4.79 Å². The first-order valence-corrected chi connectivity index (χ1v) is 15.1. The van der Waals surface area contributed by atoms with Crippen LogP contribution in [-0.4, -0.2) is 137 Å². The lowest BCUT2D eigenvalue weighted by molar-refractivity contribution is -0.138. The topological polar surface area (TPSA) is 194 Å². The number of carbonyl (C=O) groups is 3. The lowest BCUT2D eigenvalue weighted by Gasteiger charge is -2.23. The zero-order chi connectivity index (χ0) is 29.5. The Morgan fingerprint density at radius 1 is 0.902 bits per heavy atom. The van der Waals surface area contributed by atoms with E-state index in [1.807, 2.05) is 11.8 Å². The molecule has 0 aromatic carbocycles. The Labute approximate surface area is 244 Å². The number of ether oxygens (including phenoxy) is 5. The van der Waals surface area contributed by atoms with Crippen LogP contribution in [0, 0.1) is 0 Å². The number of urea groups is 1. The van der Waals surface area contributed by atoms with Crippen LogP contribution in [0.15, 0.2) is 5.11 Å². The molecule has 16 heteroatoms. The standard InChI is InChI=1S/C25H44N6O9S/c26-30-27-6-10-37-14-15-38-11-7-31(8-12-39-16-18-40-17-13-36-9-5-23(33)34)22(32)4-2-1-3-21-24-20(19-41-21)28-25(35)29-24/h20-21,24H,1-19H2,(H,33,34)(H2,28,29,35)/t20-,21+,24-/m1/s1. The summed E-state index contributed by atoms with van der Waals surface area (Å²) in [6.07, 6.45) is 3.04. The number of carboxylic acids is 1. The molecule has 0 aromatic heterocycles. The Bertz CT molecular complexity index is 820. The van der Waals surface area contributed by atoms with Crippen molar-refractivity contribution in [2.45, 2.75) is 49.4 Å². The third-order valence-electron chi connectivity index (χ3n) is 6.41. The molecule has 0 aromatic rings. The number of unbranched alkanes of at least 4 members (excludes halogenated alkanes) is 1. The van der Waals surface area contributed by atoms with Crippen molar-refractivity contribution in [1.82, 2.24) is 15.5 Å². The summed E-state index contributed by atoms with van der Waals surface area (Å²) in [6, 6.07) is 0.285. The number of aliphatic carboxylic acids is 1. The normalized spacial score (nSPS) is 19.3. The molecule has 2 fully saturated rings. The SMILES string of the molecule is [N-]=[N+]=NCCOCCOCCN(CCOCCOCCOCCC(=O)O)C(=O)CCCC[C@@H]1SC[C@H]2NC(=O)N[C@@H]12. The van der Waals surface area contributed by atoms with Gasteiger partial charge in [-0.05, 0) is 18.4 Å². The molecule has 0 bridgehead atoms. The van der Waals surface area contributed by atoms with E-state index >= 15 is 0 Å². The number of amides is 3. The molecule has 2 rings (SSSR count). The largest absolute Gasteiger partial charge is 0.481 e. The second-order valence-corrected chi connectivity index (χ2v) is 10.7. The van der Waals surface area contributed by atoms with Crippen LogP contribution in [0.4, 0.5) is 4.79 Å². The van der Waals surface area contributed by atoms with E-state index in [0.717, 1.165) is 25.0 Å². The van der Waals surface area contributed by atoms with E-state index in [4.69, 9.17) is 34.3 Å². The predicted molar refractivity (Wildman–Crippen MR) is 151 cm³/mol. The number of hydrogen-bond acceptors (Lipinski definition) is 10. The number of azide groups is 1. The summed E-state index contributed by atoms with van der Waals surface area (Å²) in [5.41, 5.74) is 8.25. The van der Waals surface area contributed by atoms with Gasteiger partial charge in [-0.2, -0.15) is 11.8 Å². The number of hydrogen-bond donors (Lipinski definition) is 3. The van der Waals surface area contributed by atoms with Crippen LogP contribution >= 0.6 is 11.8 Å². The molecule has 3 N–H and O–H groups in total. The van der Waals surface area contributed by atoms with Gasteiger partial charge < -0.3 is 44.3 Å². The quantitative estimate of drug-likeness (QED) is 0.0427. The maximum absolute atomic E-state index is 13.0. The molecule has 41 heavy (non-hydrogen) atoms. The summed E-state index contributed by atoms with van der Waals surface area (Å²) >= 11 is 1.87. The van der Waals surface area contributed by atoms with E-state index in [0.29, 0.717) is 84.2 Å². The molecule has 3 amide bonds. The second kappa shape index (κ2) is 22.3. The molecule has 0 unspecified atom stereocenters. The smallest absolute Gasteiger partial charge is 0.315 e.